The summed E-state index contributed by atoms with van der Waals surface area (Å²) in [6.45, 7) is 6.16. The van der Waals surface area contributed by atoms with Crippen molar-refractivity contribution in [3.63, 3.8) is 0 Å². The third kappa shape index (κ3) is 3.55. The summed E-state index contributed by atoms with van der Waals surface area (Å²) in [5.41, 5.74) is 0.285. The Hall–Kier alpha value is -0.743. The summed E-state index contributed by atoms with van der Waals surface area (Å²) in [4.78, 5) is 0. The summed E-state index contributed by atoms with van der Waals surface area (Å²) >= 11 is 0. The van der Waals surface area contributed by atoms with Crippen molar-refractivity contribution >= 4 is 8.32 Å². The molecule has 0 bridgehead atoms. The van der Waals surface area contributed by atoms with Crippen LogP contribution in [-0.2, 0) is 11.0 Å². The fraction of sp³-hybridized carbons (Fsp3) is 0.400. The van der Waals surface area contributed by atoms with E-state index in [-0.39, 0.29) is 12.2 Å². The van der Waals surface area contributed by atoms with E-state index < -0.39 is 20.0 Å². The lowest BCUT2D eigenvalue weighted by Gasteiger charge is -2.17. The zero-order valence-electron chi connectivity index (χ0n) is 8.60. The molecule has 0 fully saturated rings. The molecule has 0 saturated heterocycles. The molecule has 0 N–H and O–H groups in total. The number of benzene rings is 1. The smallest absolute Gasteiger partial charge is 0.184 e. The maximum atomic E-state index is 13.1. The highest BCUT2D eigenvalue weighted by atomic mass is 28.4. The molecule has 14 heavy (non-hydrogen) atoms. The van der Waals surface area contributed by atoms with Gasteiger partial charge in [-0.2, -0.15) is 0 Å². The first kappa shape index (κ1) is 11.3. The van der Waals surface area contributed by atoms with Crippen LogP contribution in [0.2, 0.25) is 19.6 Å². The molecule has 0 radical (unpaired) electrons. The third-order valence-electron chi connectivity index (χ3n) is 1.67. The molecule has 4 heteroatoms. The van der Waals surface area contributed by atoms with E-state index in [1.165, 1.54) is 6.07 Å². The molecule has 78 valence electrons. The Labute approximate surface area is 83.8 Å². The topological polar surface area (TPSA) is 9.23 Å². The van der Waals surface area contributed by atoms with Gasteiger partial charge in [-0.3, -0.25) is 0 Å². The quantitative estimate of drug-likeness (QED) is 0.704. The number of rotatable bonds is 3. The van der Waals surface area contributed by atoms with Gasteiger partial charge in [-0.05, 0) is 37.8 Å². The van der Waals surface area contributed by atoms with Crippen molar-refractivity contribution in [2.45, 2.75) is 26.2 Å². The van der Waals surface area contributed by atoms with Crippen LogP contribution in [0.4, 0.5) is 8.78 Å². The van der Waals surface area contributed by atoms with Crippen molar-refractivity contribution in [3.05, 3.63) is 35.4 Å². The first-order valence-corrected chi connectivity index (χ1v) is 7.87. The lowest BCUT2D eigenvalue weighted by Crippen LogP contribution is -2.25. The second-order valence-corrected chi connectivity index (χ2v) is 8.65. The highest BCUT2D eigenvalue weighted by molar-refractivity contribution is 6.69. The Kier molecular flexibility index (Phi) is 3.39. The van der Waals surface area contributed by atoms with Crippen LogP contribution in [0.25, 0.3) is 0 Å². The monoisotopic (exact) mass is 216 g/mol. The summed E-state index contributed by atoms with van der Waals surface area (Å²) in [5, 5.41) is 0. The van der Waals surface area contributed by atoms with E-state index in [1.807, 2.05) is 19.6 Å². The first-order chi connectivity index (χ1) is 6.38. The van der Waals surface area contributed by atoms with Crippen molar-refractivity contribution in [1.82, 2.24) is 0 Å². The SMILES string of the molecule is C[Si](C)(C)OCc1cc(F)ccc1F. The summed E-state index contributed by atoms with van der Waals surface area (Å²) in [6, 6.07) is 3.40. The maximum Gasteiger partial charge on any atom is 0.184 e. The van der Waals surface area contributed by atoms with Gasteiger partial charge in [0.25, 0.3) is 0 Å². The number of hydrogen-bond acceptors (Lipinski definition) is 1. The van der Waals surface area contributed by atoms with Crippen LogP contribution in [0.15, 0.2) is 18.2 Å². The summed E-state index contributed by atoms with van der Waals surface area (Å²) in [7, 11) is -1.67. The molecule has 0 aliphatic heterocycles. The minimum Gasteiger partial charge on any atom is -0.413 e. The van der Waals surface area contributed by atoms with Crippen molar-refractivity contribution in [2.75, 3.05) is 0 Å². The molecule has 0 amide bonds. The molecular formula is C10H14F2OSi. The molecule has 0 aliphatic carbocycles. The minimum atomic E-state index is -1.67. The predicted octanol–water partition coefficient (Wildman–Crippen LogP) is 3.32. The molecule has 1 aromatic rings. The molecule has 0 unspecified atom stereocenters. The van der Waals surface area contributed by atoms with Crippen LogP contribution in [0.5, 0.6) is 0 Å². The lowest BCUT2D eigenvalue weighted by molar-refractivity contribution is 0.292. The molecule has 1 nitrogen and oxygen atoms in total. The fourth-order valence-electron chi connectivity index (χ4n) is 0.948. The summed E-state index contributed by atoms with van der Waals surface area (Å²) in [5.74, 6) is -0.842. The van der Waals surface area contributed by atoms with Gasteiger partial charge < -0.3 is 4.43 Å². The highest BCUT2D eigenvalue weighted by Gasteiger charge is 2.15. The summed E-state index contributed by atoms with van der Waals surface area (Å²) < 4.78 is 31.4. The maximum absolute atomic E-state index is 13.1. The molecule has 0 aliphatic rings. The van der Waals surface area contributed by atoms with Gasteiger partial charge in [-0.25, -0.2) is 8.78 Å². The van der Waals surface area contributed by atoms with Crippen LogP contribution >= 0.6 is 0 Å². The standard InChI is InChI=1S/C10H14F2OSi/c1-14(2,3)13-7-8-6-9(11)4-5-10(8)12/h4-6H,7H2,1-3H3. The Bertz CT molecular complexity index is 320. The van der Waals surface area contributed by atoms with Gasteiger partial charge in [0.15, 0.2) is 8.32 Å². The van der Waals surface area contributed by atoms with Crippen molar-refractivity contribution in [2.24, 2.45) is 0 Å². The summed E-state index contributed by atoms with van der Waals surface area (Å²) in [6.07, 6.45) is 0. The van der Waals surface area contributed by atoms with Crippen LogP contribution in [0.3, 0.4) is 0 Å². The largest absolute Gasteiger partial charge is 0.413 e. The van der Waals surface area contributed by atoms with Crippen molar-refractivity contribution < 1.29 is 13.2 Å². The normalized spacial score (nSPS) is 11.8. The highest BCUT2D eigenvalue weighted by Crippen LogP contribution is 2.13. The van der Waals surface area contributed by atoms with Gasteiger partial charge in [-0.15, -0.1) is 0 Å². The Morgan fingerprint density at radius 1 is 1.21 bits per heavy atom. The van der Waals surface area contributed by atoms with Crippen molar-refractivity contribution in [3.8, 4) is 0 Å². The minimum absolute atomic E-state index is 0.152. The van der Waals surface area contributed by atoms with E-state index in [1.54, 1.807) is 0 Å². The van der Waals surface area contributed by atoms with Gasteiger partial charge >= 0.3 is 0 Å². The lowest BCUT2D eigenvalue weighted by atomic mass is 10.2. The number of hydrogen-bond donors (Lipinski definition) is 0. The van der Waals surface area contributed by atoms with Gasteiger partial charge in [0.05, 0.1) is 6.61 Å². The van der Waals surface area contributed by atoms with Gasteiger partial charge in [0, 0.05) is 5.56 Å². The van der Waals surface area contributed by atoms with E-state index in [9.17, 15) is 8.78 Å². The molecule has 0 saturated carbocycles. The van der Waals surface area contributed by atoms with Crippen LogP contribution in [0.1, 0.15) is 5.56 Å². The molecule has 0 aromatic heterocycles. The molecule has 1 rings (SSSR count). The Morgan fingerprint density at radius 3 is 2.43 bits per heavy atom. The molecule has 0 atom stereocenters. The van der Waals surface area contributed by atoms with Crippen molar-refractivity contribution in [1.29, 1.82) is 0 Å². The average Bonchev–Trinajstić information content (AvgIpc) is 2.05. The second-order valence-electron chi connectivity index (χ2n) is 4.14. The Morgan fingerprint density at radius 2 is 1.86 bits per heavy atom. The zero-order chi connectivity index (χ0) is 10.8. The number of halogens is 2. The van der Waals surface area contributed by atoms with Gasteiger partial charge in [-0.1, -0.05) is 0 Å². The molecular weight excluding hydrogens is 202 g/mol. The van der Waals surface area contributed by atoms with Crippen LogP contribution in [-0.4, -0.2) is 8.32 Å². The average molecular weight is 216 g/mol. The van der Waals surface area contributed by atoms with E-state index >= 15 is 0 Å². The van der Waals surface area contributed by atoms with Crippen LogP contribution in [0, 0.1) is 11.6 Å². The molecule has 1 aromatic carbocycles. The van der Waals surface area contributed by atoms with E-state index in [0.29, 0.717) is 0 Å². The molecule has 0 heterocycles. The predicted molar refractivity (Wildman–Crippen MR) is 54.5 cm³/mol. The third-order valence-corrected chi connectivity index (χ3v) is 2.68. The van der Waals surface area contributed by atoms with Gasteiger partial charge in [0.1, 0.15) is 11.6 Å². The first-order valence-electron chi connectivity index (χ1n) is 4.46. The second kappa shape index (κ2) is 4.19. The van der Waals surface area contributed by atoms with E-state index in [0.717, 1.165) is 12.1 Å². The fourth-order valence-corrected chi connectivity index (χ4v) is 1.54. The zero-order valence-corrected chi connectivity index (χ0v) is 9.60. The van der Waals surface area contributed by atoms with E-state index in [4.69, 9.17) is 4.43 Å². The molecule has 0 spiro atoms. The van der Waals surface area contributed by atoms with Crippen LogP contribution < -0.4 is 0 Å². The van der Waals surface area contributed by atoms with E-state index in [2.05, 4.69) is 0 Å². The Balaban J connectivity index is 2.72. The van der Waals surface area contributed by atoms with Gasteiger partial charge in [0.2, 0.25) is 0 Å².